The summed E-state index contributed by atoms with van der Waals surface area (Å²) in [6.45, 7) is 8.57. The molecule has 0 aliphatic carbocycles. The predicted octanol–water partition coefficient (Wildman–Crippen LogP) is 14.0. The van der Waals surface area contributed by atoms with E-state index in [1.165, 1.54) is 18.4 Å². The van der Waals surface area contributed by atoms with E-state index in [0.717, 1.165) is 71.4 Å². The number of carboxylic acids is 1. The van der Waals surface area contributed by atoms with Gasteiger partial charge in [-0.3, -0.25) is 4.90 Å². The quantitative estimate of drug-likeness (QED) is 0.0680. The molecule has 6 heterocycles. The number of aromatic nitrogens is 2. The molecule has 0 spiro atoms. The number of rotatable bonds is 16. The summed E-state index contributed by atoms with van der Waals surface area (Å²) >= 11 is 1.34. The van der Waals surface area contributed by atoms with Gasteiger partial charge in [0.25, 0.3) is 0 Å². The highest BCUT2D eigenvalue weighted by molar-refractivity contribution is 7.22. The van der Waals surface area contributed by atoms with Crippen molar-refractivity contribution in [2.75, 3.05) is 31.6 Å². The maximum Gasteiger partial charge on any atom is 0.349 e. The Balaban J connectivity index is 0.764. The zero-order valence-corrected chi connectivity index (χ0v) is 47.2. The van der Waals surface area contributed by atoms with Crippen LogP contribution in [-0.2, 0) is 17.8 Å². The molecule has 12 aromatic rings. The van der Waals surface area contributed by atoms with Gasteiger partial charge in [-0.1, -0.05) is 55.0 Å². The van der Waals surface area contributed by atoms with Crippen LogP contribution in [0.1, 0.15) is 67.9 Å². The Morgan fingerprint density at radius 3 is 2.32 bits per heavy atom. The molecule has 2 unspecified atom stereocenters. The lowest BCUT2D eigenvalue weighted by atomic mass is 9.92. The zero-order chi connectivity index (χ0) is 57.9. The molecule has 13 rings (SSSR count). The first-order chi connectivity index (χ1) is 40.9. The van der Waals surface area contributed by atoms with Gasteiger partial charge in [-0.2, -0.15) is 0 Å². The molecule has 1 aliphatic heterocycles. The van der Waals surface area contributed by atoms with Crippen molar-refractivity contribution in [2.45, 2.75) is 71.6 Å². The molecule has 0 bridgehead atoms. The fourth-order valence-corrected chi connectivity index (χ4v) is 13.1. The van der Waals surface area contributed by atoms with Gasteiger partial charge in [0.1, 0.15) is 50.1 Å². The molecule has 84 heavy (non-hydrogen) atoms. The number of likely N-dealkylation sites (tertiary alicyclic amines) is 1. The van der Waals surface area contributed by atoms with Gasteiger partial charge in [0, 0.05) is 75.7 Å². The Bertz CT molecular complexity index is 4730. The molecule has 5 aromatic heterocycles. The van der Waals surface area contributed by atoms with Gasteiger partial charge in [0.05, 0.1) is 33.8 Å². The van der Waals surface area contributed by atoms with E-state index in [0.29, 0.717) is 107 Å². The number of nitrogens with zero attached hydrogens (tertiary/aromatic N) is 4. The van der Waals surface area contributed by atoms with E-state index in [1.807, 2.05) is 66.7 Å². The topological polar surface area (TPSA) is 212 Å². The first-order valence-electron chi connectivity index (χ1n) is 28.0. The minimum atomic E-state index is -1.39. The summed E-state index contributed by atoms with van der Waals surface area (Å²) in [5, 5.41) is 25.6. The maximum atomic E-state index is 14.2. The number of benzene rings is 7. The number of aromatic hydroxyl groups is 1. The first kappa shape index (κ1) is 53.7. The lowest BCUT2D eigenvalue weighted by Crippen LogP contribution is -2.39. The second-order valence-corrected chi connectivity index (χ2v) is 22.2. The van der Waals surface area contributed by atoms with Crippen LogP contribution >= 0.6 is 11.3 Å². The molecule has 1 saturated heterocycles. The number of phenolic OH excluding ortho intramolecular Hbond substituents is 1. The van der Waals surface area contributed by atoms with Gasteiger partial charge in [-0.05, 0) is 143 Å². The van der Waals surface area contributed by atoms with Crippen molar-refractivity contribution in [1.82, 2.24) is 14.9 Å². The minimum absolute atomic E-state index is 0.0166. The van der Waals surface area contributed by atoms with Crippen molar-refractivity contribution in [2.24, 2.45) is 0 Å². The SMILES string of the molecule is CCN(CC)c1ccc2c(CCC3CCCCN3Cc3c(O)ccc4cc(-c5nc6cccc(-c7ccc(C(Oc8ccc9c(oc(=O)c%10cc(OC)ccc%109)c8C)C(=O)O)cc7)c6s5)c(=O)oc34)c(-c3nc4ccccc4o3)c(=O)oc2c1. The number of carbonyl (C=O) groups is 1. The van der Waals surface area contributed by atoms with Crippen LogP contribution in [0.2, 0.25) is 0 Å². The molecular weight excluding hydrogens is 1080 g/mol. The van der Waals surface area contributed by atoms with Crippen LogP contribution in [0.4, 0.5) is 5.69 Å². The molecule has 422 valence electrons. The summed E-state index contributed by atoms with van der Waals surface area (Å²) in [5.41, 5.74) is 6.62. The summed E-state index contributed by atoms with van der Waals surface area (Å²) in [7, 11) is 1.52. The van der Waals surface area contributed by atoms with Crippen molar-refractivity contribution in [3.05, 3.63) is 187 Å². The van der Waals surface area contributed by atoms with Crippen LogP contribution in [0.15, 0.2) is 166 Å². The van der Waals surface area contributed by atoms with E-state index in [1.54, 1.807) is 67.6 Å². The number of phenols is 1. The molecule has 17 heteroatoms. The smallest absolute Gasteiger partial charge is 0.349 e. The number of carboxylic acid groups (broad SMARTS) is 1. The van der Waals surface area contributed by atoms with Crippen molar-refractivity contribution >= 4 is 88.0 Å². The number of piperidine rings is 1. The van der Waals surface area contributed by atoms with Gasteiger partial charge in [0.15, 0.2) is 5.58 Å². The minimum Gasteiger partial charge on any atom is -0.507 e. The number of oxazole rings is 1. The Kier molecular flexibility index (Phi) is 14.0. The number of para-hydroxylation sites is 2. The molecule has 1 aliphatic rings. The molecule has 7 aromatic carbocycles. The molecule has 1 fully saturated rings. The van der Waals surface area contributed by atoms with Crippen LogP contribution < -0.4 is 31.3 Å². The molecule has 0 saturated carbocycles. The first-order valence-corrected chi connectivity index (χ1v) is 28.8. The van der Waals surface area contributed by atoms with E-state index in [-0.39, 0.29) is 29.0 Å². The second-order valence-electron chi connectivity index (χ2n) is 21.2. The number of hydrogen-bond acceptors (Lipinski definition) is 16. The van der Waals surface area contributed by atoms with Gasteiger partial charge >= 0.3 is 22.8 Å². The zero-order valence-electron chi connectivity index (χ0n) is 46.4. The van der Waals surface area contributed by atoms with Crippen LogP contribution in [0.5, 0.6) is 17.2 Å². The van der Waals surface area contributed by atoms with Gasteiger partial charge in [0.2, 0.25) is 12.0 Å². The summed E-state index contributed by atoms with van der Waals surface area (Å²) in [6.07, 6.45) is 2.63. The molecule has 16 nitrogen and oxygen atoms in total. The van der Waals surface area contributed by atoms with Crippen molar-refractivity contribution in [3.63, 3.8) is 0 Å². The Morgan fingerprint density at radius 1 is 0.738 bits per heavy atom. The average molecular weight is 1140 g/mol. The van der Waals surface area contributed by atoms with Crippen LogP contribution in [-0.4, -0.2) is 63.8 Å². The van der Waals surface area contributed by atoms with Gasteiger partial charge in [-0.25, -0.2) is 29.1 Å². The highest BCUT2D eigenvalue weighted by Gasteiger charge is 2.30. The third kappa shape index (κ3) is 9.67. The number of methoxy groups -OCH3 is 1. The normalized spacial score (nSPS) is 14.3. The highest BCUT2D eigenvalue weighted by Crippen LogP contribution is 2.41. The number of anilines is 1. The number of fused-ring (bicyclic) bond motifs is 7. The Morgan fingerprint density at radius 2 is 1.52 bits per heavy atom. The van der Waals surface area contributed by atoms with Gasteiger partial charge < -0.3 is 42.3 Å². The molecule has 2 atom stereocenters. The third-order valence-corrected chi connectivity index (χ3v) is 17.5. The van der Waals surface area contributed by atoms with Crippen molar-refractivity contribution in [1.29, 1.82) is 0 Å². The maximum absolute atomic E-state index is 14.2. The van der Waals surface area contributed by atoms with Crippen LogP contribution in [0.25, 0.3) is 98.1 Å². The summed E-state index contributed by atoms with van der Waals surface area (Å²) in [6, 6.07) is 40.0. The second kappa shape index (κ2) is 22.0. The number of ether oxygens (including phenoxy) is 2. The van der Waals surface area contributed by atoms with Crippen LogP contribution in [0.3, 0.4) is 0 Å². The fourth-order valence-electron chi connectivity index (χ4n) is 12.0. The number of thiazole rings is 1. The lowest BCUT2D eigenvalue weighted by Gasteiger charge is -2.36. The molecule has 2 N–H and O–H groups in total. The largest absolute Gasteiger partial charge is 0.507 e. The van der Waals surface area contributed by atoms with Gasteiger partial charge in [-0.15, -0.1) is 11.3 Å². The monoisotopic (exact) mass is 1140 g/mol. The molecular formula is C67H56N4O12S. The fraction of sp³-hybridized carbons (Fsp3) is 0.224. The van der Waals surface area contributed by atoms with E-state index < -0.39 is 29.0 Å². The van der Waals surface area contributed by atoms with E-state index in [2.05, 4.69) is 29.7 Å². The number of hydrogen-bond donors (Lipinski definition) is 2. The highest BCUT2D eigenvalue weighted by atomic mass is 32.1. The standard InChI is InChI=1S/C67H56N4O12S/c1-5-70(6-2)41-23-25-45-46(57(67(77)81-56(45)33-41)62-68-51-14-7-8-16-55(51)80-62)26-22-40-12-9-10-31-71(40)35-50-53(72)29-21-39-32-49(66(76)83-59(39)50)63-69-52-15-11-13-43(61(52)84-63)37-17-19-38(20-18-37)60(64(73)74)79-54-30-28-47-44-27-24-42(78-4)34-48(44)65(75)82-58(47)36(54)3/h7-8,11,13-21,23-25,27-30,32-34,40,60,72H,5-6,9-10,12,22,26,31,35H2,1-4H3,(H,73,74). The summed E-state index contributed by atoms with van der Waals surface area (Å²) in [4.78, 5) is 68.4. The number of aryl methyl sites for hydroxylation is 2. The molecule has 0 radical (unpaired) electrons. The Hall–Kier alpha value is -9.58. The third-order valence-electron chi connectivity index (χ3n) is 16.4. The van der Waals surface area contributed by atoms with E-state index >= 15 is 0 Å². The van der Waals surface area contributed by atoms with E-state index in [9.17, 15) is 29.4 Å². The number of aliphatic carboxylic acids is 1. The van der Waals surface area contributed by atoms with Crippen molar-refractivity contribution < 1.29 is 42.1 Å². The lowest BCUT2D eigenvalue weighted by molar-refractivity contribution is -0.145. The average Bonchev–Trinajstić information content (AvgIpc) is 2.08. The predicted molar refractivity (Wildman–Crippen MR) is 326 cm³/mol. The van der Waals surface area contributed by atoms with Crippen molar-refractivity contribution in [3.8, 4) is 50.4 Å². The summed E-state index contributed by atoms with van der Waals surface area (Å²) < 4.78 is 36.5. The molecule has 0 amide bonds. The van der Waals surface area contributed by atoms with Crippen LogP contribution in [0, 0.1) is 6.92 Å². The summed E-state index contributed by atoms with van der Waals surface area (Å²) in [5.74, 6) is -0.208. The Labute approximate surface area is 483 Å². The van der Waals surface area contributed by atoms with E-state index in [4.69, 9.17) is 37.1 Å².